The third-order valence-corrected chi connectivity index (χ3v) is 2.80. The smallest absolute Gasteiger partial charge is 0.240 e. The minimum absolute atomic E-state index is 0.137. The Bertz CT molecular complexity index is 651. The number of aromatic nitrogens is 2. The number of nitrogens with one attached hydrogen (secondary N) is 2. The molecule has 5 nitrogen and oxygen atoms in total. The lowest BCUT2D eigenvalue weighted by molar-refractivity contribution is -0.119. The molecule has 0 aromatic carbocycles. The largest absolute Gasteiger partial charge is 0.374 e. The van der Waals surface area contributed by atoms with Gasteiger partial charge in [-0.1, -0.05) is 5.92 Å². The lowest BCUT2D eigenvalue weighted by Gasteiger charge is -2.08. The van der Waals surface area contributed by atoms with Gasteiger partial charge in [-0.25, -0.2) is 0 Å². The SMILES string of the molecule is C#CCNC(=O)CNc1ccnc2cc(Br)cnc12. The highest BCUT2D eigenvalue weighted by Crippen LogP contribution is 2.21. The highest BCUT2D eigenvalue weighted by molar-refractivity contribution is 9.10. The van der Waals surface area contributed by atoms with Gasteiger partial charge in [0.1, 0.15) is 5.52 Å². The lowest BCUT2D eigenvalue weighted by Crippen LogP contribution is -2.30. The molecule has 96 valence electrons. The maximum atomic E-state index is 11.5. The van der Waals surface area contributed by atoms with Crippen molar-refractivity contribution in [3.63, 3.8) is 0 Å². The number of amides is 1. The normalized spacial score (nSPS) is 9.89. The van der Waals surface area contributed by atoms with E-state index in [1.807, 2.05) is 6.07 Å². The summed E-state index contributed by atoms with van der Waals surface area (Å²) in [5.74, 6) is 2.18. The van der Waals surface area contributed by atoms with Crippen molar-refractivity contribution in [2.45, 2.75) is 0 Å². The van der Waals surface area contributed by atoms with E-state index in [0.29, 0.717) is 0 Å². The van der Waals surface area contributed by atoms with Gasteiger partial charge in [0.25, 0.3) is 0 Å². The lowest BCUT2D eigenvalue weighted by atomic mass is 10.3. The van der Waals surface area contributed by atoms with E-state index >= 15 is 0 Å². The molecule has 19 heavy (non-hydrogen) atoms. The van der Waals surface area contributed by atoms with Crippen LogP contribution in [-0.4, -0.2) is 29.0 Å². The van der Waals surface area contributed by atoms with E-state index in [1.54, 1.807) is 18.5 Å². The number of halogens is 1. The summed E-state index contributed by atoms with van der Waals surface area (Å²) < 4.78 is 0.858. The van der Waals surface area contributed by atoms with Gasteiger partial charge in [0.2, 0.25) is 5.91 Å². The van der Waals surface area contributed by atoms with Gasteiger partial charge in [-0.15, -0.1) is 6.42 Å². The van der Waals surface area contributed by atoms with Crippen LogP contribution in [0.2, 0.25) is 0 Å². The first kappa shape index (κ1) is 13.3. The van der Waals surface area contributed by atoms with Crippen molar-refractivity contribution >= 4 is 38.6 Å². The van der Waals surface area contributed by atoms with Crippen molar-refractivity contribution in [2.24, 2.45) is 0 Å². The molecule has 0 bridgehead atoms. The van der Waals surface area contributed by atoms with Gasteiger partial charge in [0.15, 0.2) is 0 Å². The molecule has 0 fully saturated rings. The Morgan fingerprint density at radius 2 is 2.32 bits per heavy atom. The molecule has 2 heterocycles. The van der Waals surface area contributed by atoms with E-state index in [-0.39, 0.29) is 19.0 Å². The topological polar surface area (TPSA) is 66.9 Å². The van der Waals surface area contributed by atoms with Crippen LogP contribution in [0.4, 0.5) is 5.69 Å². The van der Waals surface area contributed by atoms with Gasteiger partial charge in [-0.05, 0) is 28.1 Å². The zero-order valence-electron chi connectivity index (χ0n) is 9.98. The summed E-state index contributed by atoms with van der Waals surface area (Å²) in [4.78, 5) is 20.0. The molecular weight excluding hydrogens is 308 g/mol. The van der Waals surface area contributed by atoms with Crippen LogP contribution in [0, 0.1) is 12.3 Å². The van der Waals surface area contributed by atoms with Crippen LogP contribution in [-0.2, 0) is 4.79 Å². The predicted molar refractivity (Wildman–Crippen MR) is 77.6 cm³/mol. The molecule has 0 saturated carbocycles. The second kappa shape index (κ2) is 6.16. The third-order valence-electron chi connectivity index (χ3n) is 2.37. The summed E-state index contributed by atoms with van der Waals surface area (Å²) in [6, 6.07) is 3.64. The molecular formula is C13H11BrN4O. The van der Waals surface area contributed by atoms with Gasteiger partial charge in [-0.2, -0.15) is 0 Å². The first-order valence-electron chi connectivity index (χ1n) is 5.55. The van der Waals surface area contributed by atoms with E-state index in [0.717, 1.165) is 21.2 Å². The fraction of sp³-hybridized carbons (Fsp3) is 0.154. The molecule has 0 spiro atoms. The van der Waals surface area contributed by atoms with Crippen molar-refractivity contribution < 1.29 is 4.79 Å². The standard InChI is InChI=1S/C13H11BrN4O/c1-2-4-16-12(19)8-17-10-3-5-15-11-6-9(14)7-18-13(10)11/h1,3,5-7H,4,8H2,(H,15,17)(H,16,19). The van der Waals surface area contributed by atoms with Crippen LogP contribution in [0.5, 0.6) is 0 Å². The van der Waals surface area contributed by atoms with E-state index in [4.69, 9.17) is 6.42 Å². The van der Waals surface area contributed by atoms with Crippen LogP contribution in [0.1, 0.15) is 0 Å². The third kappa shape index (κ3) is 3.42. The minimum atomic E-state index is -0.167. The number of fused-ring (bicyclic) bond motifs is 1. The van der Waals surface area contributed by atoms with Crippen molar-refractivity contribution in [2.75, 3.05) is 18.4 Å². The van der Waals surface area contributed by atoms with Crippen molar-refractivity contribution in [3.8, 4) is 12.3 Å². The van der Waals surface area contributed by atoms with Crippen molar-refractivity contribution in [1.29, 1.82) is 0 Å². The molecule has 6 heteroatoms. The van der Waals surface area contributed by atoms with Crippen LogP contribution in [0.3, 0.4) is 0 Å². The van der Waals surface area contributed by atoms with Gasteiger partial charge in [-0.3, -0.25) is 14.8 Å². The molecule has 0 atom stereocenters. The number of carbonyl (C=O) groups is 1. The summed E-state index contributed by atoms with van der Waals surface area (Å²) in [5.41, 5.74) is 2.23. The molecule has 0 radical (unpaired) electrons. The minimum Gasteiger partial charge on any atom is -0.374 e. The molecule has 1 amide bonds. The summed E-state index contributed by atoms with van der Waals surface area (Å²) in [6.45, 7) is 0.362. The number of carbonyl (C=O) groups excluding carboxylic acids is 1. The van der Waals surface area contributed by atoms with E-state index in [2.05, 4.69) is 42.5 Å². The number of nitrogens with zero attached hydrogens (tertiary/aromatic N) is 2. The van der Waals surface area contributed by atoms with Gasteiger partial charge < -0.3 is 10.6 Å². The maximum Gasteiger partial charge on any atom is 0.240 e. The molecule has 0 saturated heterocycles. The van der Waals surface area contributed by atoms with E-state index < -0.39 is 0 Å². The Hall–Kier alpha value is -2.13. The molecule has 0 aliphatic carbocycles. The first-order valence-corrected chi connectivity index (χ1v) is 6.34. The number of anilines is 1. The van der Waals surface area contributed by atoms with Crippen LogP contribution in [0.25, 0.3) is 11.0 Å². The molecule has 0 aliphatic rings. The van der Waals surface area contributed by atoms with Gasteiger partial charge in [0.05, 0.1) is 24.3 Å². The average Bonchev–Trinajstić information content (AvgIpc) is 2.42. The Balaban J connectivity index is 2.13. The van der Waals surface area contributed by atoms with Crippen LogP contribution in [0.15, 0.2) is 29.0 Å². The summed E-state index contributed by atoms with van der Waals surface area (Å²) in [6.07, 6.45) is 8.42. The number of rotatable bonds is 4. The maximum absolute atomic E-state index is 11.5. The summed E-state index contributed by atoms with van der Waals surface area (Å²) >= 11 is 3.34. The number of hydrogen-bond acceptors (Lipinski definition) is 4. The Morgan fingerprint density at radius 1 is 1.47 bits per heavy atom. The Morgan fingerprint density at radius 3 is 3.11 bits per heavy atom. The Kier molecular flexibility index (Phi) is 4.31. The predicted octanol–water partition coefficient (Wildman–Crippen LogP) is 1.55. The van der Waals surface area contributed by atoms with Crippen LogP contribution >= 0.6 is 15.9 Å². The Labute approximate surface area is 119 Å². The number of hydrogen-bond donors (Lipinski definition) is 2. The fourth-order valence-corrected chi connectivity index (χ4v) is 1.86. The van der Waals surface area contributed by atoms with E-state index in [9.17, 15) is 4.79 Å². The zero-order valence-corrected chi connectivity index (χ0v) is 11.6. The second-order valence-electron chi connectivity index (χ2n) is 3.71. The second-order valence-corrected chi connectivity index (χ2v) is 4.63. The van der Waals surface area contributed by atoms with Crippen molar-refractivity contribution in [1.82, 2.24) is 15.3 Å². The molecule has 0 unspecified atom stereocenters. The monoisotopic (exact) mass is 318 g/mol. The van der Waals surface area contributed by atoms with Crippen molar-refractivity contribution in [3.05, 3.63) is 29.0 Å². The summed E-state index contributed by atoms with van der Waals surface area (Å²) in [5, 5.41) is 5.60. The molecule has 2 rings (SSSR count). The van der Waals surface area contributed by atoms with Gasteiger partial charge in [0, 0.05) is 16.9 Å². The van der Waals surface area contributed by atoms with Gasteiger partial charge >= 0.3 is 0 Å². The first-order chi connectivity index (χ1) is 9.20. The highest BCUT2D eigenvalue weighted by Gasteiger charge is 2.05. The van der Waals surface area contributed by atoms with E-state index in [1.165, 1.54) is 0 Å². The number of pyridine rings is 2. The van der Waals surface area contributed by atoms with Crippen LogP contribution < -0.4 is 10.6 Å². The molecule has 2 N–H and O–H groups in total. The summed E-state index contributed by atoms with van der Waals surface area (Å²) in [7, 11) is 0. The molecule has 2 aromatic rings. The fourth-order valence-electron chi connectivity index (χ4n) is 1.54. The quantitative estimate of drug-likeness (QED) is 0.839. The molecule has 0 aliphatic heterocycles. The number of terminal acetylenes is 1. The molecule has 2 aromatic heterocycles. The average molecular weight is 319 g/mol. The highest BCUT2D eigenvalue weighted by atomic mass is 79.9. The zero-order chi connectivity index (χ0) is 13.7.